The summed E-state index contributed by atoms with van der Waals surface area (Å²) >= 11 is 0. The fourth-order valence-corrected chi connectivity index (χ4v) is 7.26. The minimum absolute atomic E-state index is 0.00615. The molecule has 1 N–H and O–H groups in total. The second-order valence-corrected chi connectivity index (χ2v) is 12.0. The third-order valence-corrected chi connectivity index (χ3v) is 9.82. The van der Waals surface area contributed by atoms with Crippen molar-refractivity contribution in [3.05, 3.63) is 23.3 Å². The molecule has 224 valence electrons. The smallest absolute Gasteiger partial charge is 0.333 e. The number of allylic oxidation sites excluding steroid dienone is 1. The Balaban J connectivity index is 2.20. The lowest BCUT2D eigenvalue weighted by atomic mass is 9.41. The standard InChI is InChI=1S/C30H44O10/c1-9-17(2)27(35)40-23(21-13-25(34)37-15-21)14-28(6)18(3)12-24(39-20(5)32)30(16-38-19(4)31)26(28)22(33)10-11-29(30,7)36-8/h9,13,18,22-24,26,33H,10-12,14-16H2,1-8H3/b17-9+/t18-,22-,23+,24+,26-,28+,29-,30-/m1/s1. The molecule has 2 aliphatic carbocycles. The van der Waals surface area contributed by atoms with Crippen molar-refractivity contribution >= 4 is 23.9 Å². The molecular weight excluding hydrogens is 520 g/mol. The SMILES string of the molecule is C/C=C(\C)C(=O)O[C@@H](C[C@@]1(C)[C@H](C)C[C@H](OC(C)=O)[C@]2(COC(C)=O)[C@@H]1[C@H](O)CC[C@@]2(C)OC)C1=CC(=O)OC1. The first kappa shape index (κ1) is 31.8. The highest BCUT2D eigenvalue weighted by Gasteiger charge is 2.71. The number of rotatable bonds is 9. The number of aliphatic hydroxyl groups is 1. The van der Waals surface area contributed by atoms with E-state index in [4.69, 9.17) is 23.7 Å². The Morgan fingerprint density at radius 1 is 1.20 bits per heavy atom. The van der Waals surface area contributed by atoms with Gasteiger partial charge in [-0.25, -0.2) is 9.59 Å². The molecule has 2 saturated carbocycles. The van der Waals surface area contributed by atoms with E-state index in [1.807, 2.05) is 20.8 Å². The molecule has 1 heterocycles. The fraction of sp³-hybridized carbons (Fsp3) is 0.733. The number of carbonyl (C=O) groups excluding carboxylic acids is 4. The number of ether oxygens (including phenoxy) is 5. The molecule has 0 aromatic rings. The van der Waals surface area contributed by atoms with Crippen LogP contribution in [0.3, 0.4) is 0 Å². The largest absolute Gasteiger partial charge is 0.465 e. The van der Waals surface area contributed by atoms with Gasteiger partial charge in [0.1, 0.15) is 25.4 Å². The molecule has 8 atom stereocenters. The topological polar surface area (TPSA) is 135 Å². The van der Waals surface area contributed by atoms with Crippen molar-refractivity contribution in [2.45, 2.75) is 98.1 Å². The predicted octanol–water partition coefficient (Wildman–Crippen LogP) is 3.44. The van der Waals surface area contributed by atoms with Crippen molar-refractivity contribution in [3.63, 3.8) is 0 Å². The van der Waals surface area contributed by atoms with Crippen molar-refractivity contribution in [3.8, 4) is 0 Å². The number of methoxy groups -OCH3 is 1. The van der Waals surface area contributed by atoms with Crippen LogP contribution in [0.1, 0.15) is 74.1 Å². The number of esters is 4. The Morgan fingerprint density at radius 2 is 1.88 bits per heavy atom. The minimum Gasteiger partial charge on any atom is -0.465 e. The lowest BCUT2D eigenvalue weighted by molar-refractivity contribution is -0.298. The molecule has 0 amide bonds. The van der Waals surface area contributed by atoms with Gasteiger partial charge in [-0.05, 0) is 57.8 Å². The van der Waals surface area contributed by atoms with Crippen molar-refractivity contribution in [2.24, 2.45) is 22.7 Å². The minimum atomic E-state index is -1.12. The number of hydrogen-bond acceptors (Lipinski definition) is 10. The van der Waals surface area contributed by atoms with E-state index < -0.39 is 64.5 Å². The molecule has 0 spiro atoms. The number of carbonyl (C=O) groups is 4. The number of hydrogen-bond donors (Lipinski definition) is 1. The van der Waals surface area contributed by atoms with Gasteiger partial charge in [-0.1, -0.05) is 19.9 Å². The van der Waals surface area contributed by atoms with Crippen LogP contribution in [0.4, 0.5) is 0 Å². The predicted molar refractivity (Wildman–Crippen MR) is 144 cm³/mol. The second kappa shape index (κ2) is 12.0. The second-order valence-electron chi connectivity index (χ2n) is 12.0. The summed E-state index contributed by atoms with van der Waals surface area (Å²) < 4.78 is 28.9. The van der Waals surface area contributed by atoms with E-state index in [1.165, 1.54) is 19.9 Å². The van der Waals surface area contributed by atoms with Gasteiger partial charge in [-0.15, -0.1) is 0 Å². The van der Waals surface area contributed by atoms with Gasteiger partial charge in [0.25, 0.3) is 0 Å². The summed E-state index contributed by atoms with van der Waals surface area (Å²) in [6.07, 6.45) is 2.07. The zero-order chi connectivity index (χ0) is 30.0. The quantitative estimate of drug-likeness (QED) is 0.252. The number of fused-ring (bicyclic) bond motifs is 1. The summed E-state index contributed by atoms with van der Waals surface area (Å²) in [6, 6.07) is 0. The van der Waals surface area contributed by atoms with Crippen molar-refractivity contribution in [1.29, 1.82) is 0 Å². The van der Waals surface area contributed by atoms with Gasteiger partial charge < -0.3 is 28.8 Å². The zero-order valence-electron chi connectivity index (χ0n) is 24.9. The fourth-order valence-electron chi connectivity index (χ4n) is 7.26. The van der Waals surface area contributed by atoms with E-state index in [0.29, 0.717) is 30.4 Å². The normalized spacial score (nSPS) is 36.6. The summed E-state index contributed by atoms with van der Waals surface area (Å²) in [5.41, 5.74) is -1.86. The lowest BCUT2D eigenvalue weighted by Gasteiger charge is -2.67. The van der Waals surface area contributed by atoms with Crippen LogP contribution in [0.2, 0.25) is 0 Å². The molecule has 40 heavy (non-hydrogen) atoms. The molecule has 1 aliphatic heterocycles. The summed E-state index contributed by atoms with van der Waals surface area (Å²) in [5.74, 6) is -2.77. The van der Waals surface area contributed by atoms with Gasteiger partial charge in [0.2, 0.25) is 0 Å². The van der Waals surface area contributed by atoms with Crippen LogP contribution in [0.5, 0.6) is 0 Å². The Kier molecular flexibility index (Phi) is 9.56. The number of cyclic esters (lactones) is 1. The molecule has 0 aromatic heterocycles. The summed E-state index contributed by atoms with van der Waals surface area (Å²) in [4.78, 5) is 49.5. The van der Waals surface area contributed by atoms with E-state index in [1.54, 1.807) is 27.0 Å². The van der Waals surface area contributed by atoms with Gasteiger partial charge in [-0.2, -0.15) is 0 Å². The summed E-state index contributed by atoms with van der Waals surface area (Å²) in [6.45, 7) is 11.8. The Morgan fingerprint density at radius 3 is 2.40 bits per heavy atom. The maximum Gasteiger partial charge on any atom is 0.333 e. The molecule has 2 fully saturated rings. The van der Waals surface area contributed by atoms with Gasteiger partial charge >= 0.3 is 23.9 Å². The Bertz CT molecular complexity index is 1080. The molecule has 3 aliphatic rings. The van der Waals surface area contributed by atoms with Crippen LogP contribution in [0.15, 0.2) is 23.3 Å². The highest BCUT2D eigenvalue weighted by atomic mass is 16.6. The maximum atomic E-state index is 12.9. The van der Waals surface area contributed by atoms with Crippen molar-refractivity contribution in [1.82, 2.24) is 0 Å². The molecule has 0 radical (unpaired) electrons. The van der Waals surface area contributed by atoms with E-state index >= 15 is 0 Å². The molecule has 0 aromatic carbocycles. The molecular formula is C30H44O10. The van der Waals surface area contributed by atoms with Crippen LogP contribution in [-0.2, 0) is 42.9 Å². The molecule has 3 rings (SSSR count). The van der Waals surface area contributed by atoms with E-state index in [-0.39, 0.29) is 25.6 Å². The first-order valence-corrected chi connectivity index (χ1v) is 13.9. The highest BCUT2D eigenvalue weighted by molar-refractivity contribution is 5.88. The number of aliphatic hydroxyl groups excluding tert-OH is 1. The molecule has 0 saturated heterocycles. The summed E-state index contributed by atoms with van der Waals surface area (Å²) in [7, 11) is 1.57. The lowest BCUT2D eigenvalue weighted by Crippen LogP contribution is -2.73. The zero-order valence-corrected chi connectivity index (χ0v) is 24.9. The molecule has 10 nitrogen and oxygen atoms in total. The van der Waals surface area contributed by atoms with Gasteiger partial charge in [0.05, 0.1) is 17.1 Å². The van der Waals surface area contributed by atoms with Crippen LogP contribution >= 0.6 is 0 Å². The van der Waals surface area contributed by atoms with Gasteiger partial charge in [0.15, 0.2) is 0 Å². The molecule has 0 unspecified atom stereocenters. The first-order chi connectivity index (χ1) is 18.6. The molecule has 10 heteroatoms. The van der Waals surface area contributed by atoms with E-state index in [2.05, 4.69) is 0 Å². The van der Waals surface area contributed by atoms with Crippen LogP contribution < -0.4 is 0 Å². The van der Waals surface area contributed by atoms with Gasteiger partial charge in [0, 0.05) is 44.1 Å². The maximum absolute atomic E-state index is 12.9. The third kappa shape index (κ3) is 5.70. The third-order valence-electron chi connectivity index (χ3n) is 9.82. The summed E-state index contributed by atoms with van der Waals surface area (Å²) in [5, 5.41) is 11.7. The average molecular weight is 565 g/mol. The average Bonchev–Trinajstić information content (AvgIpc) is 3.32. The van der Waals surface area contributed by atoms with Gasteiger partial charge in [-0.3, -0.25) is 9.59 Å². The van der Waals surface area contributed by atoms with Crippen LogP contribution in [0, 0.1) is 22.7 Å². The van der Waals surface area contributed by atoms with Crippen molar-refractivity contribution < 1.29 is 48.0 Å². The monoisotopic (exact) mass is 564 g/mol. The molecule has 0 bridgehead atoms. The van der Waals surface area contributed by atoms with Crippen molar-refractivity contribution in [2.75, 3.05) is 20.3 Å². The Hall–Kier alpha value is -2.72. The first-order valence-electron chi connectivity index (χ1n) is 13.9. The van der Waals surface area contributed by atoms with E-state index in [0.717, 1.165) is 0 Å². The highest BCUT2D eigenvalue weighted by Crippen LogP contribution is 2.66. The Labute approximate surface area is 236 Å². The van der Waals surface area contributed by atoms with Crippen LogP contribution in [-0.4, -0.2) is 73.2 Å². The van der Waals surface area contributed by atoms with Crippen LogP contribution in [0.25, 0.3) is 0 Å². The van der Waals surface area contributed by atoms with E-state index in [9.17, 15) is 24.3 Å².